The number of nitro groups is 1. The number of benzene rings is 1. The summed E-state index contributed by atoms with van der Waals surface area (Å²) in [5, 5.41) is 24.4. The molecular formula is C14H19BrCl2F3N3O3. The predicted octanol–water partition coefficient (Wildman–Crippen LogP) is 4.20. The maximum atomic E-state index is 12.7. The molecule has 0 aromatic heterocycles. The molecule has 6 nitrogen and oxygen atoms in total. The second kappa shape index (κ2) is 10.5. The van der Waals surface area contributed by atoms with Gasteiger partial charge in [-0.3, -0.25) is 15.0 Å². The molecule has 0 unspecified atom stereocenters. The van der Waals surface area contributed by atoms with Crippen LogP contribution in [-0.4, -0.2) is 47.3 Å². The monoisotopic (exact) mass is 483 g/mol. The number of nitrogens with zero attached hydrogens (tertiary/aromatic N) is 2. The molecule has 12 heteroatoms. The zero-order valence-electron chi connectivity index (χ0n) is 13.5. The number of nitrogens with one attached hydrogen (secondary N) is 1. The van der Waals surface area contributed by atoms with Crippen molar-refractivity contribution in [3.05, 3.63) is 32.3 Å². The van der Waals surface area contributed by atoms with E-state index < -0.39 is 35.0 Å². The second-order valence-corrected chi connectivity index (χ2v) is 6.49. The lowest BCUT2D eigenvalue weighted by Crippen LogP contribution is -2.45. The SMILES string of the molecule is Cl.Cl.O=[N+]([O-])c1cc(Br)cc([C@H](CCC(F)(F)F)N2CCNCC2)c1O. The number of phenols is 1. The minimum absolute atomic E-state index is 0. The topological polar surface area (TPSA) is 78.6 Å². The van der Waals surface area contributed by atoms with Crippen LogP contribution in [0.2, 0.25) is 0 Å². The lowest BCUT2D eigenvalue weighted by molar-refractivity contribution is -0.386. The minimum Gasteiger partial charge on any atom is -0.502 e. The largest absolute Gasteiger partial charge is 0.502 e. The van der Waals surface area contributed by atoms with E-state index in [-0.39, 0.29) is 36.8 Å². The summed E-state index contributed by atoms with van der Waals surface area (Å²) in [5.41, 5.74) is -0.381. The molecule has 1 atom stereocenters. The van der Waals surface area contributed by atoms with Crippen molar-refractivity contribution in [2.24, 2.45) is 0 Å². The number of phenolic OH excluding ortho intramolecular Hbond substituents is 1. The fraction of sp³-hybridized carbons (Fsp3) is 0.571. The van der Waals surface area contributed by atoms with E-state index in [1.165, 1.54) is 6.07 Å². The van der Waals surface area contributed by atoms with E-state index >= 15 is 0 Å². The molecule has 26 heavy (non-hydrogen) atoms. The van der Waals surface area contributed by atoms with E-state index in [4.69, 9.17) is 0 Å². The van der Waals surface area contributed by atoms with Crippen LogP contribution in [-0.2, 0) is 0 Å². The van der Waals surface area contributed by atoms with Crippen LogP contribution < -0.4 is 5.32 Å². The Kier molecular flexibility index (Phi) is 10.2. The average Bonchev–Trinajstić information content (AvgIpc) is 2.50. The molecule has 0 radical (unpaired) electrons. The maximum Gasteiger partial charge on any atom is 0.389 e. The first kappa shape index (κ1) is 25.2. The van der Waals surface area contributed by atoms with Gasteiger partial charge >= 0.3 is 11.9 Å². The number of alkyl halides is 3. The van der Waals surface area contributed by atoms with E-state index in [1.54, 1.807) is 0 Å². The van der Waals surface area contributed by atoms with Crippen LogP contribution in [0.15, 0.2) is 16.6 Å². The van der Waals surface area contributed by atoms with Gasteiger partial charge in [0.25, 0.3) is 0 Å². The number of hydrogen-bond donors (Lipinski definition) is 2. The van der Waals surface area contributed by atoms with Crippen LogP contribution >= 0.6 is 40.7 Å². The number of rotatable bonds is 5. The fourth-order valence-electron chi connectivity index (χ4n) is 2.83. The molecule has 150 valence electrons. The van der Waals surface area contributed by atoms with E-state index in [9.17, 15) is 28.4 Å². The number of nitro benzene ring substituents is 1. The summed E-state index contributed by atoms with van der Waals surface area (Å²) < 4.78 is 38.4. The third-order valence-electron chi connectivity index (χ3n) is 3.93. The van der Waals surface area contributed by atoms with Gasteiger partial charge in [-0.15, -0.1) is 24.8 Å². The van der Waals surface area contributed by atoms with Gasteiger partial charge in [-0.1, -0.05) is 15.9 Å². The second-order valence-electron chi connectivity index (χ2n) is 5.58. The van der Waals surface area contributed by atoms with Crippen LogP contribution in [0.3, 0.4) is 0 Å². The molecule has 1 aliphatic heterocycles. The molecule has 1 saturated heterocycles. The lowest BCUT2D eigenvalue weighted by atomic mass is 9.97. The maximum absolute atomic E-state index is 12.7. The van der Waals surface area contributed by atoms with Crippen molar-refractivity contribution in [1.82, 2.24) is 10.2 Å². The summed E-state index contributed by atoms with van der Waals surface area (Å²) in [6.07, 6.45) is -5.63. The zero-order chi connectivity index (χ0) is 17.9. The van der Waals surface area contributed by atoms with Gasteiger partial charge in [0, 0.05) is 54.7 Å². The summed E-state index contributed by atoms with van der Waals surface area (Å²) in [6, 6.07) is 1.84. The molecule has 0 spiro atoms. The average molecular weight is 485 g/mol. The lowest BCUT2D eigenvalue weighted by Gasteiger charge is -2.35. The van der Waals surface area contributed by atoms with E-state index in [0.29, 0.717) is 30.7 Å². The van der Waals surface area contributed by atoms with Crippen LogP contribution in [0.4, 0.5) is 18.9 Å². The van der Waals surface area contributed by atoms with Gasteiger partial charge in [0.2, 0.25) is 0 Å². The van der Waals surface area contributed by atoms with Crippen molar-refractivity contribution in [1.29, 1.82) is 0 Å². The first-order chi connectivity index (χ1) is 11.2. The van der Waals surface area contributed by atoms with Crippen molar-refractivity contribution in [3.8, 4) is 5.75 Å². The Morgan fingerprint density at radius 1 is 1.31 bits per heavy atom. The van der Waals surface area contributed by atoms with Gasteiger partial charge in [-0.05, 0) is 12.5 Å². The highest BCUT2D eigenvalue weighted by molar-refractivity contribution is 9.10. The Labute approximate surface area is 169 Å². The van der Waals surface area contributed by atoms with Gasteiger partial charge in [-0.25, -0.2) is 0 Å². The van der Waals surface area contributed by atoms with Crippen LogP contribution in [0.5, 0.6) is 5.75 Å². The van der Waals surface area contributed by atoms with Crippen LogP contribution in [0.25, 0.3) is 0 Å². The van der Waals surface area contributed by atoms with E-state index in [0.717, 1.165) is 6.07 Å². The van der Waals surface area contributed by atoms with Crippen molar-refractivity contribution in [3.63, 3.8) is 0 Å². The molecule has 1 aliphatic rings. The standard InChI is InChI=1S/C14H17BrF3N3O3.2ClH/c15-9-7-10(13(22)12(8-9)21(23)24)11(1-2-14(16,17)18)20-5-3-19-4-6-20;;/h7-8,11,19,22H,1-6H2;2*1H/t11-;;/m0../s1. The summed E-state index contributed by atoms with van der Waals surface area (Å²) in [6.45, 7) is 2.23. The van der Waals surface area contributed by atoms with Gasteiger partial charge in [0.1, 0.15) is 0 Å². The molecule has 1 aromatic rings. The summed E-state index contributed by atoms with van der Waals surface area (Å²) in [4.78, 5) is 12.1. The molecule has 0 aliphatic carbocycles. The number of piperazine rings is 1. The highest BCUT2D eigenvalue weighted by atomic mass is 79.9. The van der Waals surface area contributed by atoms with Crippen molar-refractivity contribution < 1.29 is 23.2 Å². The summed E-state index contributed by atoms with van der Waals surface area (Å²) in [7, 11) is 0. The number of hydrogen-bond acceptors (Lipinski definition) is 5. The van der Waals surface area contributed by atoms with Gasteiger partial charge in [0.05, 0.1) is 4.92 Å². The Morgan fingerprint density at radius 3 is 2.38 bits per heavy atom. The molecule has 1 fully saturated rings. The molecule has 2 N–H and O–H groups in total. The summed E-state index contributed by atoms with van der Waals surface area (Å²) >= 11 is 3.13. The van der Waals surface area contributed by atoms with E-state index in [2.05, 4.69) is 21.2 Å². The first-order valence-electron chi connectivity index (χ1n) is 7.37. The van der Waals surface area contributed by atoms with Crippen molar-refractivity contribution in [2.45, 2.75) is 25.1 Å². The fourth-order valence-corrected chi connectivity index (χ4v) is 3.29. The quantitative estimate of drug-likeness (QED) is 0.483. The van der Waals surface area contributed by atoms with Crippen molar-refractivity contribution in [2.75, 3.05) is 26.2 Å². The normalized spacial score (nSPS) is 16.3. The molecule has 1 heterocycles. The van der Waals surface area contributed by atoms with E-state index in [1.807, 2.05) is 4.90 Å². The molecule has 0 saturated carbocycles. The molecule has 0 amide bonds. The summed E-state index contributed by atoms with van der Waals surface area (Å²) in [5.74, 6) is -0.575. The molecule has 0 bridgehead atoms. The first-order valence-corrected chi connectivity index (χ1v) is 8.16. The number of aromatic hydroxyl groups is 1. The predicted molar refractivity (Wildman–Crippen MR) is 99.4 cm³/mol. The minimum atomic E-state index is -4.33. The number of halogens is 6. The van der Waals surface area contributed by atoms with Crippen LogP contribution in [0.1, 0.15) is 24.4 Å². The highest BCUT2D eigenvalue weighted by Gasteiger charge is 2.34. The Hall–Kier alpha value is -0.810. The third-order valence-corrected chi connectivity index (χ3v) is 4.39. The smallest absolute Gasteiger partial charge is 0.389 e. The van der Waals surface area contributed by atoms with Gasteiger partial charge < -0.3 is 10.4 Å². The third kappa shape index (κ3) is 6.73. The van der Waals surface area contributed by atoms with Crippen LogP contribution in [0, 0.1) is 10.1 Å². The molecular weight excluding hydrogens is 466 g/mol. The Morgan fingerprint density at radius 2 is 1.88 bits per heavy atom. The zero-order valence-corrected chi connectivity index (χ0v) is 16.7. The highest BCUT2D eigenvalue weighted by Crippen LogP contribution is 2.41. The molecule has 2 rings (SSSR count). The molecule has 1 aromatic carbocycles. The Balaban J connectivity index is 0.00000312. The van der Waals surface area contributed by atoms with Gasteiger partial charge in [-0.2, -0.15) is 13.2 Å². The Bertz CT molecular complexity index is 617. The van der Waals surface area contributed by atoms with Crippen molar-refractivity contribution >= 4 is 46.4 Å². The van der Waals surface area contributed by atoms with Gasteiger partial charge in [0.15, 0.2) is 5.75 Å².